The second-order valence-electron chi connectivity index (χ2n) is 4.28. The van der Waals surface area contributed by atoms with E-state index in [0.717, 1.165) is 30.9 Å². The highest BCUT2D eigenvalue weighted by Gasteiger charge is 2.05. The van der Waals surface area contributed by atoms with Gasteiger partial charge in [0.1, 0.15) is 0 Å². The second-order valence-corrected chi connectivity index (χ2v) is 5.97. The molecule has 14 heavy (non-hydrogen) atoms. The van der Waals surface area contributed by atoms with Gasteiger partial charge >= 0.3 is 0 Å². The molecule has 1 N–H and O–H groups in total. The molecule has 0 amide bonds. The Kier molecular flexibility index (Phi) is 8.49. The lowest BCUT2D eigenvalue weighted by molar-refractivity contribution is 0.551. The summed E-state index contributed by atoms with van der Waals surface area (Å²) in [5.74, 6) is 2.39. The van der Waals surface area contributed by atoms with Crippen molar-refractivity contribution in [3.05, 3.63) is 0 Å². The van der Waals surface area contributed by atoms with Gasteiger partial charge in [0.2, 0.25) is 0 Å². The average molecular weight is 219 g/mol. The van der Waals surface area contributed by atoms with Crippen molar-refractivity contribution in [1.29, 1.82) is 0 Å². The largest absolute Gasteiger partial charge is 0.315 e. The normalized spacial score (nSPS) is 15.8. The van der Waals surface area contributed by atoms with Crippen LogP contribution in [0.2, 0.25) is 0 Å². The molecule has 2 nitrogen and oxygen atoms in total. The molecule has 0 aromatic rings. The van der Waals surface area contributed by atoms with Crippen molar-refractivity contribution in [2.75, 3.05) is 18.1 Å². The van der Waals surface area contributed by atoms with Gasteiger partial charge in [0.05, 0.1) is 0 Å². The van der Waals surface area contributed by atoms with Crippen molar-refractivity contribution in [2.45, 2.75) is 46.6 Å². The molecule has 0 saturated carbocycles. The van der Waals surface area contributed by atoms with E-state index in [-0.39, 0.29) is 0 Å². The van der Waals surface area contributed by atoms with Crippen molar-refractivity contribution < 1.29 is 4.21 Å². The Labute approximate surface area is 91.3 Å². The SMILES string of the molecule is CCNC(C)CCS(=O)CCC(C)C. The van der Waals surface area contributed by atoms with Gasteiger partial charge in [-0.25, -0.2) is 0 Å². The van der Waals surface area contributed by atoms with Crippen molar-refractivity contribution in [2.24, 2.45) is 5.92 Å². The van der Waals surface area contributed by atoms with E-state index in [1.54, 1.807) is 0 Å². The predicted octanol–water partition coefficient (Wildman–Crippen LogP) is 2.17. The van der Waals surface area contributed by atoms with Crippen LogP contribution in [0, 0.1) is 5.92 Å². The van der Waals surface area contributed by atoms with E-state index in [2.05, 4.69) is 33.0 Å². The molecule has 2 unspecified atom stereocenters. The van der Waals surface area contributed by atoms with Gasteiger partial charge < -0.3 is 5.32 Å². The fourth-order valence-corrected chi connectivity index (χ4v) is 2.78. The highest BCUT2D eigenvalue weighted by atomic mass is 32.2. The zero-order chi connectivity index (χ0) is 11.0. The molecule has 2 atom stereocenters. The standard InChI is InChI=1S/C11H25NOS/c1-5-12-11(4)7-9-14(13)8-6-10(2)3/h10-12H,5-9H2,1-4H3. The topological polar surface area (TPSA) is 29.1 Å². The fourth-order valence-electron chi connectivity index (χ4n) is 1.23. The summed E-state index contributed by atoms with van der Waals surface area (Å²) < 4.78 is 11.5. The quantitative estimate of drug-likeness (QED) is 0.678. The Balaban J connectivity index is 3.43. The first-order valence-corrected chi connectivity index (χ1v) is 7.13. The van der Waals surface area contributed by atoms with Crippen LogP contribution in [0.25, 0.3) is 0 Å². The summed E-state index contributed by atoms with van der Waals surface area (Å²) in [4.78, 5) is 0. The van der Waals surface area contributed by atoms with Crippen LogP contribution >= 0.6 is 0 Å². The Bertz CT molecular complexity index is 159. The van der Waals surface area contributed by atoms with Crippen molar-refractivity contribution in [3.8, 4) is 0 Å². The lowest BCUT2D eigenvalue weighted by Crippen LogP contribution is -2.27. The molecule has 0 aromatic heterocycles. The van der Waals surface area contributed by atoms with E-state index in [0.29, 0.717) is 12.0 Å². The van der Waals surface area contributed by atoms with Gasteiger partial charge in [0, 0.05) is 28.3 Å². The number of nitrogens with one attached hydrogen (secondary N) is 1. The molecule has 0 spiro atoms. The third-order valence-corrected chi connectivity index (χ3v) is 3.64. The summed E-state index contributed by atoms with van der Waals surface area (Å²) >= 11 is 0. The molecule has 0 saturated heterocycles. The van der Waals surface area contributed by atoms with Gasteiger partial charge in [-0.05, 0) is 32.2 Å². The first-order valence-electron chi connectivity index (χ1n) is 5.64. The Morgan fingerprint density at radius 3 is 2.21 bits per heavy atom. The first-order chi connectivity index (χ1) is 6.56. The van der Waals surface area contributed by atoms with Crippen molar-refractivity contribution in [3.63, 3.8) is 0 Å². The Hall–Kier alpha value is 0.110. The van der Waals surface area contributed by atoms with Crippen LogP contribution in [-0.2, 0) is 10.8 Å². The molecule has 0 fully saturated rings. The van der Waals surface area contributed by atoms with Gasteiger partial charge in [-0.15, -0.1) is 0 Å². The van der Waals surface area contributed by atoms with Crippen LogP contribution in [0.1, 0.15) is 40.5 Å². The minimum absolute atomic E-state index is 0.503. The highest BCUT2D eigenvalue weighted by Crippen LogP contribution is 2.02. The summed E-state index contributed by atoms with van der Waals surface area (Å²) in [5, 5.41) is 3.33. The molecule has 0 aliphatic rings. The Morgan fingerprint density at radius 2 is 1.71 bits per heavy atom. The molecule has 0 aliphatic heterocycles. The summed E-state index contributed by atoms with van der Waals surface area (Å²) in [5.41, 5.74) is 0. The van der Waals surface area contributed by atoms with E-state index in [4.69, 9.17) is 0 Å². The van der Waals surface area contributed by atoms with Gasteiger partial charge in [-0.3, -0.25) is 4.21 Å². The molecule has 0 bridgehead atoms. The highest BCUT2D eigenvalue weighted by molar-refractivity contribution is 7.84. The molecule has 0 heterocycles. The molecule has 86 valence electrons. The van der Waals surface area contributed by atoms with E-state index < -0.39 is 10.8 Å². The van der Waals surface area contributed by atoms with Crippen LogP contribution in [0.5, 0.6) is 0 Å². The lowest BCUT2D eigenvalue weighted by Gasteiger charge is -2.11. The van der Waals surface area contributed by atoms with Crippen molar-refractivity contribution >= 4 is 10.8 Å². The monoisotopic (exact) mass is 219 g/mol. The molecule has 0 aliphatic carbocycles. The van der Waals surface area contributed by atoms with Crippen LogP contribution in [-0.4, -0.2) is 28.3 Å². The zero-order valence-corrected chi connectivity index (χ0v) is 10.8. The lowest BCUT2D eigenvalue weighted by atomic mass is 10.2. The summed E-state index contributed by atoms with van der Waals surface area (Å²) in [6, 6.07) is 0.503. The smallest absolute Gasteiger partial charge is 0.0249 e. The first kappa shape index (κ1) is 14.1. The van der Waals surface area contributed by atoms with Gasteiger partial charge in [-0.2, -0.15) is 0 Å². The van der Waals surface area contributed by atoms with Crippen LogP contribution in [0.3, 0.4) is 0 Å². The Morgan fingerprint density at radius 1 is 1.14 bits per heavy atom. The van der Waals surface area contributed by atoms with E-state index in [9.17, 15) is 4.21 Å². The molecule has 0 rings (SSSR count). The van der Waals surface area contributed by atoms with Crippen LogP contribution in [0.15, 0.2) is 0 Å². The van der Waals surface area contributed by atoms with Crippen LogP contribution in [0.4, 0.5) is 0 Å². The van der Waals surface area contributed by atoms with E-state index >= 15 is 0 Å². The maximum absolute atomic E-state index is 11.5. The van der Waals surface area contributed by atoms with E-state index in [1.165, 1.54) is 0 Å². The number of rotatable bonds is 8. The zero-order valence-electron chi connectivity index (χ0n) is 10.0. The number of hydrogen-bond donors (Lipinski definition) is 1. The van der Waals surface area contributed by atoms with Gasteiger partial charge in [0.15, 0.2) is 0 Å². The minimum atomic E-state index is -0.605. The molecule has 0 aromatic carbocycles. The molecular formula is C11H25NOS. The van der Waals surface area contributed by atoms with Crippen LogP contribution < -0.4 is 5.32 Å². The second kappa shape index (κ2) is 8.42. The maximum atomic E-state index is 11.5. The van der Waals surface area contributed by atoms with Crippen molar-refractivity contribution in [1.82, 2.24) is 5.32 Å². The maximum Gasteiger partial charge on any atom is 0.0249 e. The van der Waals surface area contributed by atoms with Gasteiger partial charge in [0.25, 0.3) is 0 Å². The molecule has 3 heteroatoms. The third-order valence-electron chi connectivity index (χ3n) is 2.25. The predicted molar refractivity (Wildman–Crippen MR) is 65.1 cm³/mol. The molecule has 0 radical (unpaired) electrons. The summed E-state index contributed by atoms with van der Waals surface area (Å²) in [7, 11) is -0.605. The minimum Gasteiger partial charge on any atom is -0.315 e. The summed E-state index contributed by atoms with van der Waals surface area (Å²) in [6.45, 7) is 9.62. The average Bonchev–Trinajstić information content (AvgIpc) is 2.12. The fraction of sp³-hybridized carbons (Fsp3) is 1.00. The van der Waals surface area contributed by atoms with E-state index in [1.807, 2.05) is 0 Å². The summed E-state index contributed by atoms with van der Waals surface area (Å²) in [6.07, 6.45) is 2.11. The molecular weight excluding hydrogens is 194 g/mol. The van der Waals surface area contributed by atoms with Gasteiger partial charge in [-0.1, -0.05) is 20.8 Å². The number of hydrogen-bond acceptors (Lipinski definition) is 2. The third kappa shape index (κ3) is 8.70.